The monoisotopic (exact) mass is 1040 g/mol. The quantitative estimate of drug-likeness (QED) is 0.0629. The third-order valence-electron chi connectivity index (χ3n) is 13.2. The summed E-state index contributed by atoms with van der Waals surface area (Å²) in [7, 11) is 5.68. The normalized spacial score (nSPS) is 16.4. The van der Waals surface area contributed by atoms with Gasteiger partial charge in [0.1, 0.15) is 5.82 Å². The lowest BCUT2D eigenvalue weighted by molar-refractivity contribution is -0.117. The Morgan fingerprint density at radius 2 is 1.51 bits per heavy atom. The van der Waals surface area contributed by atoms with Crippen molar-refractivity contribution in [2.24, 2.45) is 7.05 Å². The summed E-state index contributed by atoms with van der Waals surface area (Å²) in [6.45, 7) is 7.50. The maximum atomic E-state index is 14.7. The molecule has 7 aromatic rings. The highest BCUT2D eigenvalue weighted by Crippen LogP contribution is 2.39. The molecular weight excluding hydrogens is 981 g/mol. The summed E-state index contributed by atoms with van der Waals surface area (Å²) in [6, 6.07) is 24.3. The molecule has 1 saturated carbocycles. The van der Waals surface area contributed by atoms with Crippen LogP contribution in [-0.2, 0) is 42.8 Å². The number of hydrogen-bond donors (Lipinski definition) is 4. The Morgan fingerprint density at radius 1 is 0.803 bits per heavy atom. The number of likely N-dealkylation sites (N-methyl/N-ethyl adjacent to an activating group) is 1. The minimum absolute atomic E-state index is 0.111. The second kappa shape index (κ2) is 22.3. The fourth-order valence-corrected chi connectivity index (χ4v) is 10.6. The van der Waals surface area contributed by atoms with Gasteiger partial charge in [-0.3, -0.25) is 24.5 Å². The number of aryl methyl sites for hydroxylation is 2. The van der Waals surface area contributed by atoms with Crippen molar-refractivity contribution in [3.05, 3.63) is 156 Å². The summed E-state index contributed by atoms with van der Waals surface area (Å²) >= 11 is 1.45. The number of nitrogens with zero attached hydrogens (tertiary/aromatic N) is 12. The number of rotatable bonds is 17. The predicted molar refractivity (Wildman–Crippen MR) is 294 cm³/mol. The standard InChI is InChI=1S/C55H58N16O4S/c1-6-46(72)60-41-15-10-17-44(25-41)70-49-39(27-56-51(63-49)62-43-29-58-67(5)34-43)33-69(55(70)75)31-37-20-22-38(23-21-37)48-35(2)59-53(76-48)65-52-57-28-40-32-68(30-36-13-8-7-9-14-36)54(74)71(50(40)64-52)45-18-11-16-42(26-45)61-47(73)19-12-24-66(3)4/h6-9,11-14,16,18-23,26-29,34,41,44H,1,10,15,17,24-25,30-33H2,2-5H3,(H,60,72)(H,61,73)(H,56,62,63)(H,57,59,64,65)/b19-12+. The van der Waals surface area contributed by atoms with E-state index in [1.54, 1.807) is 62.2 Å². The van der Waals surface area contributed by atoms with Crippen LogP contribution in [0.25, 0.3) is 10.4 Å². The van der Waals surface area contributed by atoms with E-state index in [0.29, 0.717) is 73.2 Å². The van der Waals surface area contributed by atoms with Crippen LogP contribution in [0.2, 0.25) is 0 Å². The van der Waals surface area contributed by atoms with Crippen molar-refractivity contribution in [1.82, 2.24) is 54.7 Å². The molecule has 0 spiro atoms. The molecule has 3 aromatic carbocycles. The summed E-state index contributed by atoms with van der Waals surface area (Å²) in [5.74, 6) is 1.07. The van der Waals surface area contributed by atoms with Gasteiger partial charge in [0.15, 0.2) is 10.9 Å². The van der Waals surface area contributed by atoms with E-state index in [1.807, 2.05) is 105 Å². The van der Waals surface area contributed by atoms with Crippen LogP contribution < -0.4 is 31.1 Å². The average molecular weight is 1040 g/mol. The van der Waals surface area contributed by atoms with Crippen LogP contribution in [0.5, 0.6) is 0 Å². The molecule has 4 N–H and O–H groups in total. The van der Waals surface area contributed by atoms with Crippen LogP contribution in [0.15, 0.2) is 128 Å². The van der Waals surface area contributed by atoms with Crippen molar-refractivity contribution in [1.29, 1.82) is 0 Å². The van der Waals surface area contributed by atoms with Crippen molar-refractivity contribution >= 4 is 80.9 Å². The highest BCUT2D eigenvalue weighted by Gasteiger charge is 2.40. The van der Waals surface area contributed by atoms with Crippen molar-refractivity contribution < 1.29 is 19.2 Å². The number of amides is 6. The summed E-state index contributed by atoms with van der Waals surface area (Å²) in [5.41, 5.74) is 6.99. The molecule has 21 heteroatoms. The number of carbonyl (C=O) groups excluding carboxylic acids is 4. The molecule has 20 nitrogen and oxygen atoms in total. The number of aromatic nitrogens is 7. The highest BCUT2D eigenvalue weighted by atomic mass is 32.1. The molecule has 3 aliphatic rings. The summed E-state index contributed by atoms with van der Waals surface area (Å²) in [4.78, 5) is 88.2. The number of fused-ring (bicyclic) bond motifs is 2. The molecule has 0 radical (unpaired) electrons. The Kier molecular flexibility index (Phi) is 14.9. The third-order valence-corrected chi connectivity index (χ3v) is 14.3. The minimum atomic E-state index is -0.283. The fourth-order valence-electron chi connectivity index (χ4n) is 9.65. The third kappa shape index (κ3) is 11.6. The molecule has 2 unspecified atom stereocenters. The molecule has 10 rings (SSSR count). The Labute approximate surface area is 444 Å². The Hall–Kier alpha value is -8.82. The lowest BCUT2D eigenvalue weighted by Crippen LogP contribution is -2.54. The van der Waals surface area contributed by atoms with E-state index in [9.17, 15) is 19.2 Å². The topological polar surface area (TPSA) is 215 Å². The zero-order chi connectivity index (χ0) is 52.9. The molecular formula is C55H58N16O4S. The van der Waals surface area contributed by atoms with E-state index in [2.05, 4.69) is 37.9 Å². The molecule has 0 bridgehead atoms. The first-order valence-corrected chi connectivity index (χ1v) is 25.8. The fraction of sp³-hybridized carbons (Fsp3) is 0.273. The minimum Gasteiger partial charge on any atom is -0.350 e. The average Bonchev–Trinajstić information content (AvgIpc) is 4.01. The zero-order valence-corrected chi connectivity index (χ0v) is 43.5. The SMILES string of the molecule is C=CC(=O)NC1CCCC(N2C(=O)N(Cc3ccc(-c4sc(Nc5ncc6c(n5)N(c5cccc(NC(=O)/C=C/CN(C)C)c5)C(=O)N(Cc5ccccc5)C6)nc4C)cc3)Cc3cnc(Nc4cnn(C)c4)nc32)C1. The first-order valence-electron chi connectivity index (χ1n) is 25.0. The van der Waals surface area contributed by atoms with Crippen molar-refractivity contribution in [3.8, 4) is 10.4 Å². The van der Waals surface area contributed by atoms with Crippen LogP contribution in [-0.4, -0.2) is 106 Å². The molecule has 1 fully saturated rings. The number of hydrogen-bond acceptors (Lipinski definition) is 14. The van der Waals surface area contributed by atoms with Crippen LogP contribution in [0.4, 0.5) is 55.3 Å². The zero-order valence-electron chi connectivity index (χ0n) is 42.7. The molecule has 0 saturated heterocycles. The van der Waals surface area contributed by atoms with Gasteiger partial charge in [0.25, 0.3) is 0 Å². The molecule has 4 aromatic heterocycles. The summed E-state index contributed by atoms with van der Waals surface area (Å²) < 4.78 is 1.68. The molecule has 76 heavy (non-hydrogen) atoms. The van der Waals surface area contributed by atoms with Gasteiger partial charge in [-0.1, -0.05) is 84.7 Å². The van der Waals surface area contributed by atoms with Crippen molar-refractivity contribution in [2.45, 2.75) is 70.9 Å². The summed E-state index contributed by atoms with van der Waals surface area (Å²) in [5, 5.41) is 17.3. The van der Waals surface area contributed by atoms with Gasteiger partial charge < -0.3 is 30.7 Å². The van der Waals surface area contributed by atoms with Crippen LogP contribution in [0.3, 0.4) is 0 Å². The molecule has 6 heterocycles. The van der Waals surface area contributed by atoms with Gasteiger partial charge in [0.05, 0.1) is 41.2 Å². The smallest absolute Gasteiger partial charge is 0.330 e. The number of nitrogens with one attached hydrogen (secondary N) is 4. The Bertz CT molecular complexity index is 3320. The first kappa shape index (κ1) is 50.7. The van der Waals surface area contributed by atoms with Crippen LogP contribution in [0.1, 0.15) is 53.6 Å². The van der Waals surface area contributed by atoms with Gasteiger partial charge in [0.2, 0.25) is 23.7 Å². The number of carbonyl (C=O) groups is 4. The Morgan fingerprint density at radius 3 is 2.24 bits per heavy atom. The first-order chi connectivity index (χ1) is 36.8. The lowest BCUT2D eigenvalue weighted by Gasteiger charge is -2.43. The summed E-state index contributed by atoms with van der Waals surface area (Å²) in [6.07, 6.45) is 14.5. The Balaban J connectivity index is 0.866. The second-order valence-corrected chi connectivity index (χ2v) is 20.3. The number of anilines is 8. The van der Waals surface area contributed by atoms with Gasteiger partial charge in [-0.15, -0.1) is 0 Å². The number of benzene rings is 3. The number of thiazole rings is 1. The van der Waals surface area contributed by atoms with Crippen molar-refractivity contribution in [2.75, 3.05) is 46.4 Å². The van der Waals surface area contributed by atoms with E-state index in [4.69, 9.17) is 19.9 Å². The highest BCUT2D eigenvalue weighted by molar-refractivity contribution is 7.19. The van der Waals surface area contributed by atoms with Crippen LogP contribution >= 0.6 is 11.3 Å². The molecule has 1 aliphatic carbocycles. The molecule has 2 aliphatic heterocycles. The van der Waals surface area contributed by atoms with Gasteiger partial charge in [-0.25, -0.2) is 29.4 Å². The number of urea groups is 2. The molecule has 6 amide bonds. The second-order valence-electron chi connectivity index (χ2n) is 19.3. The lowest BCUT2D eigenvalue weighted by atomic mass is 9.89. The maximum absolute atomic E-state index is 14.7. The van der Waals surface area contributed by atoms with Crippen LogP contribution in [0, 0.1) is 6.92 Å². The van der Waals surface area contributed by atoms with Gasteiger partial charge in [-0.05, 0) is 87.7 Å². The molecule has 2 atom stereocenters. The van der Waals surface area contributed by atoms with E-state index in [-0.39, 0.29) is 41.9 Å². The van der Waals surface area contributed by atoms with E-state index < -0.39 is 0 Å². The van der Waals surface area contributed by atoms with E-state index >= 15 is 0 Å². The maximum Gasteiger partial charge on any atom is 0.330 e. The largest absolute Gasteiger partial charge is 0.350 e. The predicted octanol–water partition coefficient (Wildman–Crippen LogP) is 8.81. The van der Waals surface area contributed by atoms with E-state index in [0.717, 1.165) is 63.3 Å². The van der Waals surface area contributed by atoms with Crippen molar-refractivity contribution in [3.63, 3.8) is 0 Å². The molecule has 388 valence electrons. The van der Waals surface area contributed by atoms with Gasteiger partial charge in [-0.2, -0.15) is 15.1 Å². The van der Waals surface area contributed by atoms with Gasteiger partial charge in [0, 0.05) is 80.2 Å². The van der Waals surface area contributed by atoms with E-state index in [1.165, 1.54) is 23.5 Å². The van der Waals surface area contributed by atoms with Gasteiger partial charge >= 0.3 is 12.1 Å².